The number of amides is 1. The predicted molar refractivity (Wildman–Crippen MR) is 118 cm³/mol. The molecular weight excluding hydrogens is 366 g/mol. The van der Waals surface area contributed by atoms with Gasteiger partial charge in [-0.25, -0.2) is 0 Å². The predicted octanol–water partition coefficient (Wildman–Crippen LogP) is 3.41. The van der Waals surface area contributed by atoms with E-state index in [1.807, 2.05) is 25.1 Å². The van der Waals surface area contributed by atoms with Crippen LogP contribution in [-0.4, -0.2) is 60.7 Å². The van der Waals surface area contributed by atoms with Crippen LogP contribution < -0.4 is 5.32 Å². The van der Waals surface area contributed by atoms with Crippen molar-refractivity contribution in [3.63, 3.8) is 0 Å². The van der Waals surface area contributed by atoms with Crippen molar-refractivity contribution in [2.45, 2.75) is 24.0 Å². The van der Waals surface area contributed by atoms with Crippen LogP contribution >= 0.6 is 11.8 Å². The van der Waals surface area contributed by atoms with E-state index >= 15 is 0 Å². The van der Waals surface area contributed by atoms with Crippen LogP contribution in [0, 0.1) is 0 Å². The summed E-state index contributed by atoms with van der Waals surface area (Å²) < 4.78 is 0. The van der Waals surface area contributed by atoms with Crippen molar-refractivity contribution in [2.24, 2.45) is 0 Å². The molecule has 0 radical (unpaired) electrons. The second-order valence-electron chi connectivity index (χ2n) is 7.45. The van der Waals surface area contributed by atoms with Crippen LogP contribution in [0.5, 0.6) is 0 Å². The minimum Gasteiger partial charge on any atom is -0.354 e. The van der Waals surface area contributed by atoms with E-state index in [-0.39, 0.29) is 11.2 Å². The lowest BCUT2D eigenvalue weighted by molar-refractivity contribution is -0.120. The lowest BCUT2D eigenvalue weighted by atomic mass is 10.0. The maximum atomic E-state index is 12.5. The molecule has 28 heavy (non-hydrogen) atoms. The number of nitrogens with zero attached hydrogens (tertiary/aromatic N) is 2. The Labute approximate surface area is 173 Å². The number of rotatable bonds is 8. The second kappa shape index (κ2) is 10.6. The first-order valence-corrected chi connectivity index (χ1v) is 11.1. The molecule has 0 saturated carbocycles. The molecule has 0 aliphatic carbocycles. The van der Waals surface area contributed by atoms with Crippen LogP contribution in [0.2, 0.25) is 0 Å². The smallest absolute Gasteiger partial charge is 0.232 e. The molecule has 1 saturated heterocycles. The highest BCUT2D eigenvalue weighted by Gasteiger charge is 2.26. The molecule has 0 spiro atoms. The van der Waals surface area contributed by atoms with Gasteiger partial charge in [-0.05, 0) is 25.1 Å². The van der Waals surface area contributed by atoms with Crippen molar-refractivity contribution in [1.82, 2.24) is 15.1 Å². The zero-order chi connectivity index (χ0) is 19.8. The summed E-state index contributed by atoms with van der Waals surface area (Å²) in [5.41, 5.74) is 2.61. The van der Waals surface area contributed by atoms with Gasteiger partial charge in [0.2, 0.25) is 5.91 Å². The highest BCUT2D eigenvalue weighted by atomic mass is 32.2. The summed E-state index contributed by atoms with van der Waals surface area (Å²) in [6.45, 7) is 6.70. The van der Waals surface area contributed by atoms with Crippen LogP contribution in [0.3, 0.4) is 0 Å². The molecule has 1 N–H and O–H groups in total. The van der Waals surface area contributed by atoms with Crippen molar-refractivity contribution >= 4 is 17.7 Å². The van der Waals surface area contributed by atoms with Gasteiger partial charge in [-0.1, -0.05) is 60.7 Å². The van der Waals surface area contributed by atoms with E-state index in [2.05, 4.69) is 64.6 Å². The van der Waals surface area contributed by atoms with Gasteiger partial charge in [-0.2, -0.15) is 0 Å². The summed E-state index contributed by atoms with van der Waals surface area (Å²) in [4.78, 5) is 17.3. The molecule has 1 aliphatic rings. The second-order valence-corrected chi connectivity index (χ2v) is 8.78. The van der Waals surface area contributed by atoms with E-state index in [0.717, 1.165) is 31.9 Å². The maximum Gasteiger partial charge on any atom is 0.232 e. The van der Waals surface area contributed by atoms with Crippen molar-refractivity contribution in [3.8, 4) is 0 Å². The van der Waals surface area contributed by atoms with Gasteiger partial charge in [0.05, 0.1) is 5.25 Å². The lowest BCUT2D eigenvalue weighted by Gasteiger charge is -2.40. The van der Waals surface area contributed by atoms with Crippen LogP contribution in [0.25, 0.3) is 0 Å². The number of benzene rings is 2. The maximum absolute atomic E-state index is 12.5. The zero-order valence-electron chi connectivity index (χ0n) is 16.9. The molecular formula is C23H31N3OS. The molecule has 3 rings (SSSR count). The number of hydrogen-bond acceptors (Lipinski definition) is 4. The van der Waals surface area contributed by atoms with Gasteiger partial charge in [0.1, 0.15) is 0 Å². The fraction of sp³-hybridized carbons (Fsp3) is 0.435. The number of hydrogen-bond donors (Lipinski definition) is 1. The number of piperazine rings is 1. The first-order valence-electron chi connectivity index (χ1n) is 10.0. The van der Waals surface area contributed by atoms with Gasteiger partial charge in [0, 0.05) is 44.5 Å². The topological polar surface area (TPSA) is 35.6 Å². The summed E-state index contributed by atoms with van der Waals surface area (Å²) in [7, 11) is 2.18. The Morgan fingerprint density at radius 1 is 1.11 bits per heavy atom. The van der Waals surface area contributed by atoms with Gasteiger partial charge < -0.3 is 10.2 Å². The molecule has 0 aromatic heterocycles. The molecule has 5 heteroatoms. The molecule has 1 amide bonds. The van der Waals surface area contributed by atoms with E-state index in [4.69, 9.17) is 0 Å². The fourth-order valence-electron chi connectivity index (χ4n) is 3.55. The van der Waals surface area contributed by atoms with Gasteiger partial charge in [-0.3, -0.25) is 9.69 Å². The van der Waals surface area contributed by atoms with E-state index < -0.39 is 0 Å². The minimum atomic E-state index is -0.0439. The standard InChI is InChI=1S/C23H31N3OS/c1-19(28-18-20-9-5-3-6-10-20)23(27)24-13-14-26-16-15-25(2)17-22(26)21-11-7-4-8-12-21/h3-12,19,22H,13-18H2,1-2H3,(H,24,27)/t19-,22+/m0/s1. The normalized spacial score (nSPS) is 19.3. The van der Waals surface area contributed by atoms with Crippen LogP contribution in [0.4, 0.5) is 0 Å². The number of likely N-dealkylation sites (N-methyl/N-ethyl adjacent to an activating group) is 1. The number of carbonyl (C=O) groups excluding carboxylic acids is 1. The fourth-order valence-corrected chi connectivity index (χ4v) is 4.42. The summed E-state index contributed by atoms with van der Waals surface area (Å²) >= 11 is 1.69. The third-order valence-corrected chi connectivity index (χ3v) is 6.50. The SMILES string of the molecule is C[C@H](SCc1ccccc1)C(=O)NCCN1CCN(C)C[C@@H]1c1ccccc1. The molecule has 0 bridgehead atoms. The quantitative estimate of drug-likeness (QED) is 0.740. The summed E-state index contributed by atoms with van der Waals surface area (Å²) in [6, 6.07) is 21.4. The van der Waals surface area contributed by atoms with Crippen molar-refractivity contribution in [3.05, 3.63) is 71.8 Å². The summed E-state index contributed by atoms with van der Waals surface area (Å²) in [5, 5.41) is 3.09. The van der Waals surface area contributed by atoms with Crippen LogP contribution in [-0.2, 0) is 10.5 Å². The third-order valence-electron chi connectivity index (χ3n) is 5.29. The highest BCUT2D eigenvalue weighted by molar-refractivity contribution is 7.99. The molecule has 1 heterocycles. The molecule has 1 aliphatic heterocycles. The highest BCUT2D eigenvalue weighted by Crippen LogP contribution is 2.24. The Morgan fingerprint density at radius 3 is 2.50 bits per heavy atom. The van der Waals surface area contributed by atoms with Gasteiger partial charge in [0.25, 0.3) is 0 Å². The van der Waals surface area contributed by atoms with E-state index in [9.17, 15) is 4.79 Å². The summed E-state index contributed by atoms with van der Waals surface area (Å²) in [6.07, 6.45) is 0. The zero-order valence-corrected chi connectivity index (χ0v) is 17.7. The molecule has 1 fully saturated rings. The molecule has 150 valence electrons. The third kappa shape index (κ3) is 6.09. The van der Waals surface area contributed by atoms with E-state index in [1.54, 1.807) is 11.8 Å². The number of carbonyl (C=O) groups is 1. The van der Waals surface area contributed by atoms with Crippen molar-refractivity contribution in [2.75, 3.05) is 39.8 Å². The number of nitrogens with one attached hydrogen (secondary N) is 1. The number of thioether (sulfide) groups is 1. The van der Waals surface area contributed by atoms with E-state index in [0.29, 0.717) is 12.6 Å². The van der Waals surface area contributed by atoms with Gasteiger partial charge in [0.15, 0.2) is 0 Å². The van der Waals surface area contributed by atoms with E-state index in [1.165, 1.54) is 11.1 Å². The Bertz CT molecular complexity index is 725. The first-order chi connectivity index (χ1) is 13.6. The Kier molecular flexibility index (Phi) is 7.95. The van der Waals surface area contributed by atoms with Gasteiger partial charge >= 0.3 is 0 Å². The summed E-state index contributed by atoms with van der Waals surface area (Å²) in [5.74, 6) is 0.996. The minimum absolute atomic E-state index is 0.0439. The van der Waals surface area contributed by atoms with Gasteiger partial charge in [-0.15, -0.1) is 11.8 Å². The average molecular weight is 398 g/mol. The Hall–Kier alpha value is -1.82. The first kappa shape index (κ1) is 20.9. The molecule has 2 aromatic carbocycles. The van der Waals surface area contributed by atoms with Crippen LogP contribution in [0.1, 0.15) is 24.1 Å². The molecule has 2 atom stereocenters. The monoisotopic (exact) mass is 397 g/mol. The van der Waals surface area contributed by atoms with Crippen molar-refractivity contribution < 1.29 is 4.79 Å². The van der Waals surface area contributed by atoms with Crippen molar-refractivity contribution in [1.29, 1.82) is 0 Å². The molecule has 2 aromatic rings. The molecule has 4 nitrogen and oxygen atoms in total. The lowest BCUT2D eigenvalue weighted by Crippen LogP contribution is -2.49. The average Bonchev–Trinajstić information content (AvgIpc) is 2.74. The molecule has 0 unspecified atom stereocenters. The Balaban J connectivity index is 1.45. The largest absolute Gasteiger partial charge is 0.354 e. The Morgan fingerprint density at radius 2 is 1.79 bits per heavy atom. The van der Waals surface area contributed by atoms with Crippen LogP contribution in [0.15, 0.2) is 60.7 Å².